The predicted octanol–water partition coefficient (Wildman–Crippen LogP) is 2.64. The molecule has 0 aromatic heterocycles. The standard InChI is InChI=1S/C8H6F4O/c1-2-13-8-6(11)4(9)3-5(10)7(8)12/h3H,2H2,1H3. The Labute approximate surface area is 71.9 Å². The van der Waals surface area contributed by atoms with Gasteiger partial charge in [0.1, 0.15) is 0 Å². The highest BCUT2D eigenvalue weighted by Gasteiger charge is 2.19. The van der Waals surface area contributed by atoms with E-state index in [0.717, 1.165) is 0 Å². The first-order valence-corrected chi connectivity index (χ1v) is 3.53. The molecule has 1 rings (SSSR count). The molecule has 1 aromatic carbocycles. The molecular formula is C8H6F4O. The van der Waals surface area contributed by atoms with Crippen LogP contribution < -0.4 is 4.74 Å². The van der Waals surface area contributed by atoms with Crippen LogP contribution in [-0.2, 0) is 0 Å². The van der Waals surface area contributed by atoms with Gasteiger partial charge in [-0.1, -0.05) is 0 Å². The van der Waals surface area contributed by atoms with Gasteiger partial charge in [0.05, 0.1) is 6.61 Å². The third-order valence-electron chi connectivity index (χ3n) is 1.36. The largest absolute Gasteiger partial charge is 0.488 e. The van der Waals surface area contributed by atoms with E-state index in [1.807, 2.05) is 0 Å². The van der Waals surface area contributed by atoms with Crippen LogP contribution in [-0.4, -0.2) is 6.61 Å². The van der Waals surface area contributed by atoms with Crippen molar-refractivity contribution in [1.29, 1.82) is 0 Å². The van der Waals surface area contributed by atoms with E-state index in [1.165, 1.54) is 6.92 Å². The molecule has 1 nitrogen and oxygen atoms in total. The summed E-state index contributed by atoms with van der Waals surface area (Å²) in [5, 5.41) is 0. The van der Waals surface area contributed by atoms with E-state index in [0.29, 0.717) is 0 Å². The topological polar surface area (TPSA) is 9.23 Å². The van der Waals surface area contributed by atoms with Crippen molar-refractivity contribution < 1.29 is 22.3 Å². The van der Waals surface area contributed by atoms with Crippen molar-refractivity contribution in [3.05, 3.63) is 29.3 Å². The molecule has 0 N–H and O–H groups in total. The van der Waals surface area contributed by atoms with Gasteiger partial charge in [-0.3, -0.25) is 0 Å². The Morgan fingerprint density at radius 2 is 1.54 bits per heavy atom. The summed E-state index contributed by atoms with van der Waals surface area (Å²) in [6.45, 7) is 1.37. The lowest BCUT2D eigenvalue weighted by molar-refractivity contribution is 0.287. The number of benzene rings is 1. The van der Waals surface area contributed by atoms with Crippen molar-refractivity contribution in [2.75, 3.05) is 6.61 Å². The quantitative estimate of drug-likeness (QED) is 0.519. The van der Waals surface area contributed by atoms with Gasteiger partial charge in [0.15, 0.2) is 17.4 Å². The molecule has 0 radical (unpaired) electrons. The molecule has 0 aliphatic heterocycles. The second kappa shape index (κ2) is 3.64. The van der Waals surface area contributed by atoms with Gasteiger partial charge in [0.2, 0.25) is 11.6 Å². The van der Waals surface area contributed by atoms with Gasteiger partial charge in [-0.2, -0.15) is 8.78 Å². The van der Waals surface area contributed by atoms with E-state index in [9.17, 15) is 17.6 Å². The molecule has 0 spiro atoms. The van der Waals surface area contributed by atoms with Crippen molar-refractivity contribution in [2.45, 2.75) is 6.92 Å². The highest BCUT2D eigenvalue weighted by Crippen LogP contribution is 2.26. The highest BCUT2D eigenvalue weighted by atomic mass is 19.2. The summed E-state index contributed by atoms with van der Waals surface area (Å²) in [6, 6.07) is 0.132. The normalized spacial score (nSPS) is 10.2. The molecule has 1 aromatic rings. The van der Waals surface area contributed by atoms with Crippen molar-refractivity contribution in [3.63, 3.8) is 0 Å². The van der Waals surface area contributed by atoms with Gasteiger partial charge < -0.3 is 4.74 Å². The molecule has 0 bridgehead atoms. The van der Waals surface area contributed by atoms with E-state index < -0.39 is 29.0 Å². The van der Waals surface area contributed by atoms with Crippen LogP contribution in [0.5, 0.6) is 5.75 Å². The van der Waals surface area contributed by atoms with Crippen molar-refractivity contribution in [1.82, 2.24) is 0 Å². The molecule has 0 amide bonds. The van der Waals surface area contributed by atoms with Crippen LogP contribution in [0.25, 0.3) is 0 Å². The van der Waals surface area contributed by atoms with Crippen LogP contribution in [0.4, 0.5) is 17.6 Å². The van der Waals surface area contributed by atoms with Crippen molar-refractivity contribution in [2.24, 2.45) is 0 Å². The molecule has 72 valence electrons. The summed E-state index contributed by atoms with van der Waals surface area (Å²) >= 11 is 0. The van der Waals surface area contributed by atoms with Crippen LogP contribution in [0.1, 0.15) is 6.92 Å². The molecule has 0 atom stereocenters. The zero-order chi connectivity index (χ0) is 10.0. The lowest BCUT2D eigenvalue weighted by atomic mass is 10.3. The third-order valence-corrected chi connectivity index (χ3v) is 1.36. The lowest BCUT2D eigenvalue weighted by Crippen LogP contribution is -2.02. The SMILES string of the molecule is CCOc1c(F)c(F)cc(F)c1F. The number of rotatable bonds is 2. The van der Waals surface area contributed by atoms with E-state index in [-0.39, 0.29) is 12.7 Å². The van der Waals surface area contributed by atoms with E-state index >= 15 is 0 Å². The zero-order valence-corrected chi connectivity index (χ0v) is 6.70. The molecule has 0 fully saturated rings. The Bertz CT molecular complexity index is 298. The summed E-state index contributed by atoms with van der Waals surface area (Å²) in [7, 11) is 0. The monoisotopic (exact) mass is 194 g/mol. The molecule has 0 saturated carbocycles. The van der Waals surface area contributed by atoms with Crippen LogP contribution in [0.2, 0.25) is 0 Å². The fourth-order valence-corrected chi connectivity index (χ4v) is 0.822. The maximum Gasteiger partial charge on any atom is 0.203 e. The van der Waals surface area contributed by atoms with E-state index in [2.05, 4.69) is 4.74 Å². The Hall–Kier alpha value is -1.26. The maximum atomic E-state index is 12.7. The van der Waals surface area contributed by atoms with Crippen LogP contribution in [0.3, 0.4) is 0 Å². The van der Waals surface area contributed by atoms with Gasteiger partial charge in [-0.15, -0.1) is 0 Å². The molecule has 13 heavy (non-hydrogen) atoms. The Morgan fingerprint density at radius 3 is 1.92 bits per heavy atom. The first-order chi connectivity index (χ1) is 6.07. The van der Waals surface area contributed by atoms with Crippen molar-refractivity contribution >= 4 is 0 Å². The van der Waals surface area contributed by atoms with Crippen LogP contribution >= 0.6 is 0 Å². The second-order valence-corrected chi connectivity index (χ2v) is 2.23. The first kappa shape index (κ1) is 9.83. The van der Waals surface area contributed by atoms with E-state index in [1.54, 1.807) is 0 Å². The summed E-state index contributed by atoms with van der Waals surface area (Å²) < 4.78 is 54.8. The van der Waals surface area contributed by atoms with Crippen LogP contribution in [0.15, 0.2) is 6.07 Å². The number of hydrogen-bond donors (Lipinski definition) is 0. The summed E-state index contributed by atoms with van der Waals surface area (Å²) in [6.07, 6.45) is 0. The summed E-state index contributed by atoms with van der Waals surface area (Å²) in [4.78, 5) is 0. The van der Waals surface area contributed by atoms with Gasteiger partial charge in [-0.25, -0.2) is 8.78 Å². The second-order valence-electron chi connectivity index (χ2n) is 2.23. The average Bonchev–Trinajstić information content (AvgIpc) is 2.09. The highest BCUT2D eigenvalue weighted by molar-refractivity contribution is 5.28. The molecule has 0 aliphatic rings. The molecule has 5 heteroatoms. The minimum absolute atomic E-state index is 0.0727. The van der Waals surface area contributed by atoms with Gasteiger partial charge >= 0.3 is 0 Å². The lowest BCUT2D eigenvalue weighted by Gasteiger charge is -2.06. The molecule has 0 unspecified atom stereocenters. The Balaban J connectivity index is 3.28. The van der Waals surface area contributed by atoms with E-state index in [4.69, 9.17) is 0 Å². The smallest absolute Gasteiger partial charge is 0.203 e. The number of hydrogen-bond acceptors (Lipinski definition) is 1. The molecule has 0 heterocycles. The number of halogens is 4. The molecular weight excluding hydrogens is 188 g/mol. The predicted molar refractivity (Wildman–Crippen MR) is 37.4 cm³/mol. The molecule has 0 aliphatic carbocycles. The number of ether oxygens (including phenoxy) is 1. The summed E-state index contributed by atoms with van der Waals surface area (Å²) in [5.41, 5.74) is 0. The minimum Gasteiger partial charge on any atom is -0.488 e. The van der Waals surface area contributed by atoms with Gasteiger partial charge in [0.25, 0.3) is 0 Å². The van der Waals surface area contributed by atoms with Gasteiger partial charge in [0, 0.05) is 6.07 Å². The van der Waals surface area contributed by atoms with Crippen LogP contribution in [0, 0.1) is 23.3 Å². The maximum absolute atomic E-state index is 12.7. The van der Waals surface area contributed by atoms with Gasteiger partial charge in [-0.05, 0) is 6.92 Å². The third kappa shape index (κ3) is 1.74. The Kier molecular flexibility index (Phi) is 2.75. The Morgan fingerprint density at radius 1 is 1.08 bits per heavy atom. The summed E-state index contributed by atoms with van der Waals surface area (Å²) in [5.74, 6) is -6.98. The molecule has 0 saturated heterocycles. The fourth-order valence-electron chi connectivity index (χ4n) is 0.822. The fraction of sp³-hybridized carbons (Fsp3) is 0.250. The first-order valence-electron chi connectivity index (χ1n) is 3.53. The van der Waals surface area contributed by atoms with Crippen molar-refractivity contribution in [3.8, 4) is 5.75 Å². The zero-order valence-electron chi connectivity index (χ0n) is 6.70. The minimum atomic E-state index is -1.51. The average molecular weight is 194 g/mol.